The van der Waals surface area contributed by atoms with Crippen molar-refractivity contribution in [1.29, 1.82) is 0 Å². The molecular formula is C14H20Cl2O3S. The second kappa shape index (κ2) is 8.23. The molecule has 1 N–H and O–H groups in total. The molecule has 3 nitrogen and oxygen atoms in total. The zero-order chi connectivity index (χ0) is 15.1. The van der Waals surface area contributed by atoms with Gasteiger partial charge < -0.3 is 0 Å². The Morgan fingerprint density at radius 3 is 2.10 bits per heavy atom. The van der Waals surface area contributed by atoms with Gasteiger partial charge in [0.1, 0.15) is 4.33 Å². The lowest BCUT2D eigenvalue weighted by atomic mass is 10.0. The molecule has 1 aromatic carbocycles. The van der Waals surface area contributed by atoms with E-state index in [-0.39, 0.29) is 5.75 Å². The summed E-state index contributed by atoms with van der Waals surface area (Å²) in [6.45, 7) is 0. The quantitative estimate of drug-likeness (QED) is 0.408. The lowest BCUT2D eigenvalue weighted by molar-refractivity contribution is 0.478. The van der Waals surface area contributed by atoms with Gasteiger partial charge in [0.2, 0.25) is 0 Å². The number of benzene rings is 1. The van der Waals surface area contributed by atoms with Gasteiger partial charge >= 0.3 is 0 Å². The highest BCUT2D eigenvalue weighted by Crippen LogP contribution is 2.38. The molecule has 0 saturated heterocycles. The first kappa shape index (κ1) is 17.8. The van der Waals surface area contributed by atoms with Gasteiger partial charge in [0.15, 0.2) is 0 Å². The van der Waals surface area contributed by atoms with Crippen LogP contribution in [0.1, 0.15) is 44.1 Å². The first-order valence-electron chi connectivity index (χ1n) is 6.70. The molecule has 0 aliphatic carbocycles. The van der Waals surface area contributed by atoms with Crippen LogP contribution in [0.25, 0.3) is 0 Å². The van der Waals surface area contributed by atoms with E-state index in [1.54, 1.807) is 0 Å². The maximum Gasteiger partial charge on any atom is 0.264 e. The third-order valence-electron chi connectivity index (χ3n) is 3.09. The smallest absolute Gasteiger partial charge is 0.264 e. The topological polar surface area (TPSA) is 54.4 Å². The average Bonchev–Trinajstić information content (AvgIpc) is 2.37. The van der Waals surface area contributed by atoms with E-state index < -0.39 is 14.5 Å². The van der Waals surface area contributed by atoms with Crippen LogP contribution in [-0.4, -0.2) is 18.7 Å². The highest BCUT2D eigenvalue weighted by molar-refractivity contribution is 7.85. The Kier molecular flexibility index (Phi) is 7.30. The predicted molar refractivity (Wildman–Crippen MR) is 83.9 cm³/mol. The van der Waals surface area contributed by atoms with Crippen LogP contribution < -0.4 is 0 Å². The summed E-state index contributed by atoms with van der Waals surface area (Å²) in [4.78, 5) is 0. The molecule has 0 saturated carbocycles. The first-order valence-corrected chi connectivity index (χ1v) is 9.06. The number of rotatable bonds is 9. The SMILES string of the molecule is O=S(=O)(O)CCCCCCCC(Cl)(Cl)c1ccccc1. The normalized spacial score (nSPS) is 12.6. The molecule has 0 unspecified atom stereocenters. The molecule has 20 heavy (non-hydrogen) atoms. The molecule has 1 rings (SSSR count). The van der Waals surface area contributed by atoms with Gasteiger partial charge in [-0.1, -0.05) is 79.2 Å². The minimum absolute atomic E-state index is 0.161. The van der Waals surface area contributed by atoms with E-state index >= 15 is 0 Å². The van der Waals surface area contributed by atoms with Crippen molar-refractivity contribution in [2.75, 3.05) is 5.75 Å². The maximum atomic E-state index is 10.5. The van der Waals surface area contributed by atoms with Crippen molar-refractivity contribution in [3.05, 3.63) is 35.9 Å². The minimum Gasteiger partial charge on any atom is -0.286 e. The molecule has 0 radical (unpaired) electrons. The molecule has 0 atom stereocenters. The van der Waals surface area contributed by atoms with E-state index in [2.05, 4.69) is 0 Å². The number of hydrogen-bond donors (Lipinski definition) is 1. The third-order valence-corrected chi connectivity index (χ3v) is 4.71. The molecule has 0 amide bonds. The van der Waals surface area contributed by atoms with Gasteiger partial charge in [-0.3, -0.25) is 4.55 Å². The minimum atomic E-state index is -3.82. The van der Waals surface area contributed by atoms with Crippen LogP contribution in [0.3, 0.4) is 0 Å². The monoisotopic (exact) mass is 338 g/mol. The summed E-state index contributed by atoms with van der Waals surface area (Å²) in [6, 6.07) is 9.55. The standard InChI is InChI=1S/C14H20Cl2O3S/c15-14(16,13-9-5-4-6-10-13)11-7-2-1-3-8-12-20(17,18)19/h4-6,9-10H,1-3,7-8,11-12H2,(H,17,18,19). The Morgan fingerprint density at radius 1 is 0.950 bits per heavy atom. The second-order valence-electron chi connectivity index (χ2n) is 4.87. The molecule has 0 spiro atoms. The van der Waals surface area contributed by atoms with Gasteiger partial charge in [-0.2, -0.15) is 8.42 Å². The van der Waals surface area contributed by atoms with Crippen molar-refractivity contribution in [3.8, 4) is 0 Å². The number of halogens is 2. The summed E-state index contributed by atoms with van der Waals surface area (Å²) in [5.41, 5.74) is 0.898. The fourth-order valence-corrected chi connectivity index (χ4v) is 3.08. The van der Waals surface area contributed by atoms with Crippen LogP contribution >= 0.6 is 23.2 Å². The molecule has 0 aliphatic heterocycles. The number of unbranched alkanes of at least 4 members (excludes halogenated alkanes) is 4. The summed E-state index contributed by atoms with van der Waals surface area (Å²) < 4.78 is 28.8. The highest BCUT2D eigenvalue weighted by Gasteiger charge is 2.25. The van der Waals surface area contributed by atoms with Gasteiger partial charge in [0, 0.05) is 0 Å². The van der Waals surface area contributed by atoms with Gasteiger partial charge in [-0.25, -0.2) is 0 Å². The molecule has 1 aromatic rings. The molecule has 0 heterocycles. The zero-order valence-electron chi connectivity index (χ0n) is 11.3. The van der Waals surface area contributed by atoms with E-state index in [0.29, 0.717) is 12.8 Å². The van der Waals surface area contributed by atoms with Crippen LogP contribution in [0.15, 0.2) is 30.3 Å². The summed E-state index contributed by atoms with van der Waals surface area (Å²) in [5, 5.41) is 0. The zero-order valence-corrected chi connectivity index (χ0v) is 13.6. The van der Waals surface area contributed by atoms with Gasteiger partial charge in [0.05, 0.1) is 5.75 Å². The number of alkyl halides is 2. The fourth-order valence-electron chi connectivity index (χ4n) is 1.99. The van der Waals surface area contributed by atoms with E-state index in [1.807, 2.05) is 30.3 Å². The van der Waals surface area contributed by atoms with Crippen molar-refractivity contribution in [1.82, 2.24) is 0 Å². The molecular weight excluding hydrogens is 319 g/mol. The van der Waals surface area contributed by atoms with E-state index in [9.17, 15) is 8.42 Å². The Balaban J connectivity index is 2.18. The summed E-state index contributed by atoms with van der Waals surface area (Å²) in [6.07, 6.45) is 4.67. The van der Waals surface area contributed by atoms with E-state index in [1.165, 1.54) is 0 Å². The molecule has 0 aliphatic rings. The molecule has 0 fully saturated rings. The third kappa shape index (κ3) is 7.48. The first-order chi connectivity index (χ1) is 9.31. The van der Waals surface area contributed by atoms with Gasteiger partial charge in [-0.15, -0.1) is 0 Å². The maximum absolute atomic E-state index is 10.5. The summed E-state index contributed by atoms with van der Waals surface area (Å²) in [7, 11) is -3.82. The van der Waals surface area contributed by atoms with Crippen LogP contribution in [0.4, 0.5) is 0 Å². The van der Waals surface area contributed by atoms with Crippen molar-refractivity contribution < 1.29 is 13.0 Å². The lowest BCUT2D eigenvalue weighted by Gasteiger charge is -2.19. The average molecular weight is 339 g/mol. The molecule has 6 heteroatoms. The summed E-state index contributed by atoms with van der Waals surface area (Å²) >= 11 is 12.6. The number of hydrogen-bond acceptors (Lipinski definition) is 2. The van der Waals surface area contributed by atoms with Gasteiger partial charge in [0.25, 0.3) is 10.1 Å². The Labute approximate surface area is 131 Å². The predicted octanol–water partition coefficient (Wildman–Crippen LogP) is 4.55. The van der Waals surface area contributed by atoms with Crippen molar-refractivity contribution >= 4 is 33.3 Å². The Bertz CT molecular complexity index is 486. The second-order valence-corrected chi connectivity index (χ2v) is 7.93. The van der Waals surface area contributed by atoms with Crippen molar-refractivity contribution in [2.24, 2.45) is 0 Å². The van der Waals surface area contributed by atoms with E-state index in [4.69, 9.17) is 27.8 Å². The van der Waals surface area contributed by atoms with Crippen molar-refractivity contribution in [3.63, 3.8) is 0 Å². The Hall–Kier alpha value is -0.290. The lowest BCUT2D eigenvalue weighted by Crippen LogP contribution is -2.09. The molecule has 0 aromatic heterocycles. The van der Waals surface area contributed by atoms with Crippen LogP contribution in [0.2, 0.25) is 0 Å². The largest absolute Gasteiger partial charge is 0.286 e. The van der Waals surface area contributed by atoms with Crippen LogP contribution in [-0.2, 0) is 14.5 Å². The molecule has 0 bridgehead atoms. The Morgan fingerprint density at radius 2 is 1.50 bits per heavy atom. The highest BCUT2D eigenvalue weighted by atomic mass is 35.5. The van der Waals surface area contributed by atoms with Gasteiger partial charge in [-0.05, 0) is 18.4 Å². The van der Waals surface area contributed by atoms with E-state index in [0.717, 1.165) is 31.2 Å². The summed E-state index contributed by atoms with van der Waals surface area (Å²) in [5.74, 6) is -0.161. The van der Waals surface area contributed by atoms with Crippen LogP contribution in [0.5, 0.6) is 0 Å². The fraction of sp³-hybridized carbons (Fsp3) is 0.571. The van der Waals surface area contributed by atoms with Crippen LogP contribution in [0, 0.1) is 0 Å². The van der Waals surface area contributed by atoms with Crippen molar-refractivity contribution in [2.45, 2.75) is 42.9 Å². The molecule has 114 valence electrons.